The lowest BCUT2D eigenvalue weighted by atomic mass is 10.2. The standard InChI is InChI=1S/C18H29NO5/c1-2-10-21-12-14-23-15-13-22-11-6-9-19-18(20)24-16-17-7-4-3-5-8-17/h3-5,7-8H,2,6,9-16H2,1H3,(H,19,20). The summed E-state index contributed by atoms with van der Waals surface area (Å²) < 4.78 is 21.2. The number of alkyl carbamates (subject to hydrolysis) is 1. The lowest BCUT2D eigenvalue weighted by molar-refractivity contribution is 0.0143. The lowest BCUT2D eigenvalue weighted by Gasteiger charge is -2.08. The topological polar surface area (TPSA) is 66.0 Å². The highest BCUT2D eigenvalue weighted by Crippen LogP contribution is 2.00. The number of ether oxygens (including phenoxy) is 4. The minimum absolute atomic E-state index is 0.280. The van der Waals surface area contributed by atoms with Crippen LogP contribution in [0.5, 0.6) is 0 Å². The van der Waals surface area contributed by atoms with Gasteiger partial charge in [0, 0.05) is 19.8 Å². The van der Waals surface area contributed by atoms with Crippen molar-refractivity contribution in [3.63, 3.8) is 0 Å². The van der Waals surface area contributed by atoms with Crippen molar-refractivity contribution in [2.24, 2.45) is 0 Å². The van der Waals surface area contributed by atoms with Crippen LogP contribution >= 0.6 is 0 Å². The van der Waals surface area contributed by atoms with Crippen LogP contribution in [0.3, 0.4) is 0 Å². The van der Waals surface area contributed by atoms with E-state index in [2.05, 4.69) is 12.2 Å². The first-order valence-electron chi connectivity index (χ1n) is 8.50. The van der Waals surface area contributed by atoms with Gasteiger partial charge in [0.1, 0.15) is 6.61 Å². The number of benzene rings is 1. The zero-order chi connectivity index (χ0) is 17.3. The van der Waals surface area contributed by atoms with E-state index in [1.165, 1.54) is 0 Å². The van der Waals surface area contributed by atoms with E-state index in [1.807, 2.05) is 30.3 Å². The van der Waals surface area contributed by atoms with Gasteiger partial charge in [-0.1, -0.05) is 37.3 Å². The molecule has 0 saturated carbocycles. The van der Waals surface area contributed by atoms with Crippen LogP contribution in [0.15, 0.2) is 30.3 Å². The Kier molecular flexibility index (Phi) is 12.7. The minimum Gasteiger partial charge on any atom is -0.445 e. The molecule has 0 heterocycles. The molecule has 1 aromatic carbocycles. The molecule has 0 fully saturated rings. The summed E-state index contributed by atoms with van der Waals surface area (Å²) in [6.45, 7) is 6.57. The van der Waals surface area contributed by atoms with Crippen molar-refractivity contribution in [1.82, 2.24) is 5.32 Å². The van der Waals surface area contributed by atoms with Crippen LogP contribution in [-0.4, -0.2) is 52.3 Å². The SMILES string of the molecule is CCCOCCOCCOCCCNC(=O)OCc1ccccc1. The number of carbonyl (C=O) groups excluding carboxylic acids is 1. The molecule has 0 atom stereocenters. The Bertz CT molecular complexity index is 413. The van der Waals surface area contributed by atoms with Crippen LogP contribution < -0.4 is 5.32 Å². The average Bonchev–Trinajstić information content (AvgIpc) is 2.62. The maximum Gasteiger partial charge on any atom is 0.407 e. The highest BCUT2D eigenvalue weighted by molar-refractivity contribution is 5.67. The van der Waals surface area contributed by atoms with Crippen molar-refractivity contribution in [2.45, 2.75) is 26.4 Å². The monoisotopic (exact) mass is 339 g/mol. The Morgan fingerprint density at radius 2 is 1.54 bits per heavy atom. The van der Waals surface area contributed by atoms with Gasteiger partial charge in [0.05, 0.1) is 26.4 Å². The summed E-state index contributed by atoms with van der Waals surface area (Å²) in [5.74, 6) is 0. The van der Waals surface area contributed by atoms with E-state index in [1.54, 1.807) is 0 Å². The molecule has 24 heavy (non-hydrogen) atoms. The van der Waals surface area contributed by atoms with Crippen LogP contribution in [-0.2, 0) is 25.6 Å². The van der Waals surface area contributed by atoms with Crippen molar-refractivity contribution in [2.75, 3.05) is 46.2 Å². The number of nitrogens with one attached hydrogen (secondary N) is 1. The normalized spacial score (nSPS) is 10.5. The summed E-state index contributed by atoms with van der Waals surface area (Å²) in [6, 6.07) is 9.58. The molecule has 0 saturated heterocycles. The van der Waals surface area contributed by atoms with Crippen molar-refractivity contribution in [3.8, 4) is 0 Å². The van der Waals surface area contributed by atoms with E-state index in [-0.39, 0.29) is 6.61 Å². The second-order valence-electron chi connectivity index (χ2n) is 5.18. The number of hydrogen-bond acceptors (Lipinski definition) is 5. The molecule has 1 aromatic rings. The molecule has 0 aliphatic rings. The molecule has 0 aliphatic carbocycles. The molecule has 0 bridgehead atoms. The van der Waals surface area contributed by atoms with Crippen LogP contribution in [0.2, 0.25) is 0 Å². The molecule has 1 N–H and O–H groups in total. The summed E-state index contributed by atoms with van der Waals surface area (Å²) in [4.78, 5) is 11.5. The van der Waals surface area contributed by atoms with Crippen LogP contribution in [0.4, 0.5) is 4.79 Å². The van der Waals surface area contributed by atoms with E-state index >= 15 is 0 Å². The fraction of sp³-hybridized carbons (Fsp3) is 0.611. The first-order chi connectivity index (χ1) is 11.8. The third-order valence-electron chi connectivity index (χ3n) is 3.04. The lowest BCUT2D eigenvalue weighted by Crippen LogP contribution is -2.26. The van der Waals surface area contributed by atoms with Gasteiger partial charge in [-0.2, -0.15) is 0 Å². The Hall–Kier alpha value is -1.63. The summed E-state index contributed by atoms with van der Waals surface area (Å²) in [6.07, 6.45) is 1.35. The van der Waals surface area contributed by atoms with Gasteiger partial charge < -0.3 is 24.3 Å². The zero-order valence-corrected chi connectivity index (χ0v) is 14.5. The summed E-state index contributed by atoms with van der Waals surface area (Å²) in [5.41, 5.74) is 0.969. The molecule has 136 valence electrons. The van der Waals surface area contributed by atoms with Gasteiger partial charge in [-0.25, -0.2) is 4.79 Å². The van der Waals surface area contributed by atoms with Gasteiger partial charge >= 0.3 is 6.09 Å². The van der Waals surface area contributed by atoms with Gasteiger partial charge in [-0.3, -0.25) is 0 Å². The summed E-state index contributed by atoms with van der Waals surface area (Å²) in [5, 5.41) is 2.69. The highest BCUT2D eigenvalue weighted by atomic mass is 16.6. The molecule has 0 radical (unpaired) electrons. The molecule has 1 rings (SSSR count). The van der Waals surface area contributed by atoms with Gasteiger partial charge in [-0.15, -0.1) is 0 Å². The van der Waals surface area contributed by atoms with E-state index < -0.39 is 6.09 Å². The fourth-order valence-electron chi connectivity index (χ4n) is 1.83. The van der Waals surface area contributed by atoms with Gasteiger partial charge in [-0.05, 0) is 18.4 Å². The number of carbonyl (C=O) groups is 1. The molecule has 6 nitrogen and oxygen atoms in total. The second-order valence-corrected chi connectivity index (χ2v) is 5.18. The fourth-order valence-corrected chi connectivity index (χ4v) is 1.83. The average molecular weight is 339 g/mol. The predicted molar refractivity (Wildman–Crippen MR) is 92.0 cm³/mol. The van der Waals surface area contributed by atoms with Crippen molar-refractivity contribution >= 4 is 6.09 Å². The van der Waals surface area contributed by atoms with Gasteiger partial charge in [0.25, 0.3) is 0 Å². The first kappa shape index (κ1) is 20.4. The Balaban J connectivity index is 1.82. The van der Waals surface area contributed by atoms with Crippen molar-refractivity contribution < 1.29 is 23.7 Å². The van der Waals surface area contributed by atoms with E-state index in [0.29, 0.717) is 39.6 Å². The molecule has 0 unspecified atom stereocenters. The summed E-state index contributed by atoms with van der Waals surface area (Å²) >= 11 is 0. The number of rotatable bonds is 14. The van der Waals surface area contributed by atoms with Gasteiger partial charge in [0.15, 0.2) is 0 Å². The highest BCUT2D eigenvalue weighted by Gasteiger charge is 2.01. The maximum atomic E-state index is 11.5. The smallest absolute Gasteiger partial charge is 0.407 e. The third-order valence-corrected chi connectivity index (χ3v) is 3.04. The van der Waals surface area contributed by atoms with Crippen LogP contribution in [0.1, 0.15) is 25.3 Å². The Morgan fingerprint density at radius 1 is 0.917 bits per heavy atom. The molecule has 1 amide bonds. The van der Waals surface area contributed by atoms with Gasteiger partial charge in [0.2, 0.25) is 0 Å². The zero-order valence-electron chi connectivity index (χ0n) is 14.5. The van der Waals surface area contributed by atoms with Crippen LogP contribution in [0.25, 0.3) is 0 Å². The minimum atomic E-state index is -0.408. The molecular formula is C18H29NO5. The molecule has 0 aliphatic heterocycles. The summed E-state index contributed by atoms with van der Waals surface area (Å²) in [7, 11) is 0. The van der Waals surface area contributed by atoms with Crippen LogP contribution in [0, 0.1) is 0 Å². The first-order valence-corrected chi connectivity index (χ1v) is 8.50. The third kappa shape index (κ3) is 11.9. The van der Waals surface area contributed by atoms with Crippen molar-refractivity contribution in [1.29, 1.82) is 0 Å². The Labute approximate surface area is 144 Å². The van der Waals surface area contributed by atoms with E-state index in [9.17, 15) is 4.79 Å². The van der Waals surface area contributed by atoms with Crippen molar-refractivity contribution in [3.05, 3.63) is 35.9 Å². The quantitative estimate of drug-likeness (QED) is 0.528. The van der Waals surface area contributed by atoms with E-state index in [4.69, 9.17) is 18.9 Å². The number of amides is 1. The number of hydrogen-bond donors (Lipinski definition) is 1. The van der Waals surface area contributed by atoms with E-state index in [0.717, 1.165) is 25.0 Å². The Morgan fingerprint density at radius 3 is 2.21 bits per heavy atom. The maximum absolute atomic E-state index is 11.5. The molecule has 0 aromatic heterocycles. The largest absolute Gasteiger partial charge is 0.445 e. The molecular weight excluding hydrogens is 310 g/mol. The second kappa shape index (κ2) is 14.9. The molecule has 6 heteroatoms. The molecule has 0 spiro atoms. The predicted octanol–water partition coefficient (Wildman–Crippen LogP) is 2.76.